The van der Waals surface area contributed by atoms with Crippen LogP contribution in [0.25, 0.3) is 5.69 Å². The summed E-state index contributed by atoms with van der Waals surface area (Å²) in [5.74, 6) is 0.758. The first-order chi connectivity index (χ1) is 12.4. The summed E-state index contributed by atoms with van der Waals surface area (Å²) in [5, 5.41) is 4.18. The number of rotatable bonds is 4. The molecule has 0 amide bonds. The number of nitrogens with zero attached hydrogens (tertiary/aromatic N) is 2. The van der Waals surface area contributed by atoms with Crippen molar-refractivity contribution in [3.8, 4) is 11.4 Å². The first kappa shape index (κ1) is 16.7. The van der Waals surface area contributed by atoms with E-state index in [0.717, 1.165) is 22.6 Å². The topological polar surface area (TPSA) is 73.2 Å². The largest absolute Gasteiger partial charge is 0.490 e. The molecule has 0 spiro atoms. The lowest BCUT2D eigenvalue weighted by molar-refractivity contribution is 0.254. The number of aryl methyl sites for hydroxylation is 1. The summed E-state index contributed by atoms with van der Waals surface area (Å²) in [6.45, 7) is 3.83. The van der Waals surface area contributed by atoms with Crippen LogP contribution >= 0.6 is 0 Å². The lowest BCUT2D eigenvalue weighted by Crippen LogP contribution is -2.14. The van der Waals surface area contributed by atoms with E-state index in [1.165, 1.54) is 0 Å². The Morgan fingerprint density at radius 1 is 1.23 bits per heavy atom. The summed E-state index contributed by atoms with van der Waals surface area (Å²) in [7, 11) is -3.70. The third-order valence-corrected chi connectivity index (χ3v) is 5.78. The average Bonchev–Trinajstić information content (AvgIpc) is 3.24. The Hall–Kier alpha value is -2.80. The SMILES string of the molecule is Cc1ccc(-n2cccn2)cc1NS(=O)(=O)c1ccc2c(c1)C[C@H](C)O2. The minimum absolute atomic E-state index is 0.0731. The van der Waals surface area contributed by atoms with Gasteiger partial charge in [0.15, 0.2) is 0 Å². The van der Waals surface area contributed by atoms with Gasteiger partial charge in [-0.1, -0.05) is 6.07 Å². The molecule has 0 fully saturated rings. The third-order valence-electron chi connectivity index (χ3n) is 4.41. The number of ether oxygens (including phenoxy) is 1. The van der Waals surface area contributed by atoms with Gasteiger partial charge in [-0.3, -0.25) is 4.72 Å². The number of sulfonamides is 1. The van der Waals surface area contributed by atoms with Crippen LogP contribution in [0.2, 0.25) is 0 Å². The highest BCUT2D eigenvalue weighted by Gasteiger charge is 2.23. The van der Waals surface area contributed by atoms with Gasteiger partial charge in [0.1, 0.15) is 11.9 Å². The monoisotopic (exact) mass is 369 g/mol. The van der Waals surface area contributed by atoms with Gasteiger partial charge < -0.3 is 4.74 Å². The van der Waals surface area contributed by atoms with Gasteiger partial charge in [0, 0.05) is 18.8 Å². The summed E-state index contributed by atoms with van der Waals surface area (Å²) in [4.78, 5) is 0.234. The summed E-state index contributed by atoms with van der Waals surface area (Å²) < 4.78 is 35.7. The molecule has 0 aliphatic carbocycles. The zero-order valence-corrected chi connectivity index (χ0v) is 15.3. The van der Waals surface area contributed by atoms with Crippen molar-refractivity contribution in [2.75, 3.05) is 4.72 Å². The quantitative estimate of drug-likeness (QED) is 0.766. The van der Waals surface area contributed by atoms with Gasteiger partial charge in [-0.05, 0) is 61.4 Å². The van der Waals surface area contributed by atoms with Gasteiger partial charge in [0.05, 0.1) is 16.3 Å². The molecular weight excluding hydrogens is 350 g/mol. The van der Waals surface area contributed by atoms with E-state index < -0.39 is 10.0 Å². The Kier molecular flexibility index (Phi) is 3.96. The summed E-state index contributed by atoms with van der Waals surface area (Å²) in [6, 6.07) is 12.3. The lowest BCUT2D eigenvalue weighted by atomic mass is 10.1. The highest BCUT2D eigenvalue weighted by Crippen LogP contribution is 2.31. The molecule has 0 unspecified atom stereocenters. The molecule has 1 aliphatic heterocycles. The lowest BCUT2D eigenvalue weighted by Gasteiger charge is -2.13. The average molecular weight is 369 g/mol. The molecule has 2 aromatic carbocycles. The van der Waals surface area contributed by atoms with Crippen LogP contribution in [0.5, 0.6) is 5.75 Å². The maximum absolute atomic E-state index is 12.9. The second kappa shape index (κ2) is 6.17. The molecule has 1 aliphatic rings. The van der Waals surface area contributed by atoms with Gasteiger partial charge in [-0.15, -0.1) is 0 Å². The molecule has 7 heteroatoms. The highest BCUT2D eigenvalue weighted by atomic mass is 32.2. The number of hydrogen-bond acceptors (Lipinski definition) is 4. The first-order valence-corrected chi connectivity index (χ1v) is 9.84. The number of hydrogen-bond donors (Lipinski definition) is 1. The fraction of sp³-hybridized carbons (Fsp3) is 0.211. The Morgan fingerprint density at radius 3 is 2.85 bits per heavy atom. The van der Waals surface area contributed by atoms with Crippen LogP contribution in [0.1, 0.15) is 18.1 Å². The Bertz CT molecular complexity index is 1060. The van der Waals surface area contributed by atoms with Crippen LogP contribution in [0.3, 0.4) is 0 Å². The molecule has 0 radical (unpaired) electrons. The van der Waals surface area contributed by atoms with E-state index >= 15 is 0 Å². The summed E-state index contributed by atoms with van der Waals surface area (Å²) >= 11 is 0. The standard InChI is InChI=1S/C19H19N3O3S/c1-13-4-5-16(22-9-3-8-20-22)12-18(13)21-26(23,24)17-6-7-19-15(11-17)10-14(2)25-19/h3-9,11-12,14,21H,10H2,1-2H3/t14-/m0/s1. The molecule has 0 saturated carbocycles. The van der Waals surface area contributed by atoms with Gasteiger partial charge in [-0.2, -0.15) is 5.10 Å². The fourth-order valence-corrected chi connectivity index (χ4v) is 4.23. The van der Waals surface area contributed by atoms with Gasteiger partial charge in [0.25, 0.3) is 10.0 Å². The van der Waals surface area contributed by atoms with Crippen molar-refractivity contribution < 1.29 is 13.2 Å². The molecular formula is C19H19N3O3S. The number of anilines is 1. The van der Waals surface area contributed by atoms with Crippen LogP contribution in [0.15, 0.2) is 59.8 Å². The second-order valence-electron chi connectivity index (χ2n) is 6.46. The first-order valence-electron chi connectivity index (χ1n) is 8.35. The molecule has 4 rings (SSSR count). The highest BCUT2D eigenvalue weighted by molar-refractivity contribution is 7.92. The number of benzene rings is 2. The van der Waals surface area contributed by atoms with Gasteiger partial charge in [-0.25, -0.2) is 13.1 Å². The van der Waals surface area contributed by atoms with E-state index in [9.17, 15) is 8.42 Å². The number of nitrogens with one attached hydrogen (secondary N) is 1. The van der Waals surface area contributed by atoms with Gasteiger partial charge >= 0.3 is 0 Å². The zero-order chi connectivity index (χ0) is 18.3. The molecule has 0 bridgehead atoms. The van der Waals surface area contributed by atoms with Gasteiger partial charge in [0.2, 0.25) is 0 Å². The fourth-order valence-electron chi connectivity index (χ4n) is 3.05. The smallest absolute Gasteiger partial charge is 0.261 e. The maximum Gasteiger partial charge on any atom is 0.261 e. The molecule has 0 saturated heterocycles. The van der Waals surface area contributed by atoms with E-state index in [0.29, 0.717) is 12.1 Å². The van der Waals surface area contributed by atoms with Crippen molar-refractivity contribution in [3.63, 3.8) is 0 Å². The normalized spacial score (nSPS) is 16.2. The van der Waals surface area contributed by atoms with E-state index in [2.05, 4.69) is 9.82 Å². The Balaban J connectivity index is 1.66. The minimum atomic E-state index is -3.70. The second-order valence-corrected chi connectivity index (χ2v) is 8.14. The molecule has 26 heavy (non-hydrogen) atoms. The van der Waals surface area contributed by atoms with Crippen molar-refractivity contribution in [1.82, 2.24) is 9.78 Å². The molecule has 1 atom stereocenters. The predicted molar refractivity (Wildman–Crippen MR) is 99.3 cm³/mol. The maximum atomic E-state index is 12.9. The molecule has 1 N–H and O–H groups in total. The molecule has 6 nitrogen and oxygen atoms in total. The van der Waals surface area contributed by atoms with E-state index in [-0.39, 0.29) is 11.0 Å². The summed E-state index contributed by atoms with van der Waals surface area (Å²) in [5.41, 5.74) is 3.07. The van der Waals surface area contributed by atoms with E-state index in [1.54, 1.807) is 35.1 Å². The third kappa shape index (κ3) is 3.06. The van der Waals surface area contributed by atoms with Crippen LogP contribution in [0.4, 0.5) is 5.69 Å². The number of aromatic nitrogens is 2. The van der Waals surface area contributed by atoms with Crippen LogP contribution in [-0.4, -0.2) is 24.3 Å². The van der Waals surface area contributed by atoms with Crippen molar-refractivity contribution in [3.05, 3.63) is 66.0 Å². The molecule has 2 heterocycles. The van der Waals surface area contributed by atoms with Crippen molar-refractivity contribution in [1.29, 1.82) is 0 Å². The van der Waals surface area contributed by atoms with Crippen LogP contribution in [0, 0.1) is 6.92 Å². The predicted octanol–water partition coefficient (Wildman–Crippen LogP) is 3.30. The Morgan fingerprint density at radius 2 is 2.08 bits per heavy atom. The number of fused-ring (bicyclic) bond motifs is 1. The minimum Gasteiger partial charge on any atom is -0.490 e. The van der Waals surface area contributed by atoms with Crippen molar-refractivity contribution >= 4 is 15.7 Å². The zero-order valence-electron chi connectivity index (χ0n) is 14.5. The van der Waals surface area contributed by atoms with E-state index in [4.69, 9.17) is 4.74 Å². The summed E-state index contributed by atoms with van der Waals surface area (Å²) in [6.07, 6.45) is 4.28. The van der Waals surface area contributed by atoms with Crippen LogP contribution in [-0.2, 0) is 16.4 Å². The van der Waals surface area contributed by atoms with Crippen molar-refractivity contribution in [2.24, 2.45) is 0 Å². The molecule has 134 valence electrons. The molecule has 1 aromatic heterocycles. The van der Waals surface area contributed by atoms with E-state index in [1.807, 2.05) is 38.2 Å². The van der Waals surface area contributed by atoms with Crippen molar-refractivity contribution in [2.45, 2.75) is 31.3 Å². The molecule has 3 aromatic rings. The Labute approximate surface area is 152 Å². The van der Waals surface area contributed by atoms with Crippen LogP contribution < -0.4 is 9.46 Å².